The summed E-state index contributed by atoms with van der Waals surface area (Å²) in [4.78, 5) is 16.8. The number of aromatic nitrogens is 1. The Morgan fingerprint density at radius 3 is 2.85 bits per heavy atom. The molecule has 27 heavy (non-hydrogen) atoms. The quantitative estimate of drug-likeness (QED) is 0.652. The second kappa shape index (κ2) is 8.77. The minimum atomic E-state index is -0.243. The van der Waals surface area contributed by atoms with Crippen LogP contribution in [0.3, 0.4) is 0 Å². The van der Waals surface area contributed by atoms with E-state index in [0.29, 0.717) is 24.4 Å². The number of halogens is 1. The van der Waals surface area contributed by atoms with Crippen molar-refractivity contribution in [3.8, 4) is 16.3 Å². The standard InChI is InChI=1S/C21H21FN2O2S/c1-3-26-19-7-5-4-6-17(19)21-24-16(13-27-21)11-20(25)23-12-15-8-9-18(22)14(2)10-15/h4-10,13H,3,11-12H2,1-2H3,(H,23,25). The van der Waals surface area contributed by atoms with E-state index < -0.39 is 0 Å². The zero-order valence-electron chi connectivity index (χ0n) is 15.3. The van der Waals surface area contributed by atoms with Crippen molar-refractivity contribution < 1.29 is 13.9 Å². The molecular formula is C21H21FN2O2S. The Hall–Kier alpha value is -2.73. The zero-order chi connectivity index (χ0) is 19.2. The number of aryl methyl sites for hydroxylation is 1. The van der Waals surface area contributed by atoms with Crippen LogP contribution in [0.2, 0.25) is 0 Å². The average molecular weight is 384 g/mol. The largest absolute Gasteiger partial charge is 0.493 e. The van der Waals surface area contributed by atoms with E-state index in [4.69, 9.17) is 4.74 Å². The van der Waals surface area contributed by atoms with Gasteiger partial charge in [0.25, 0.3) is 0 Å². The van der Waals surface area contributed by atoms with E-state index in [2.05, 4.69) is 10.3 Å². The van der Waals surface area contributed by atoms with E-state index >= 15 is 0 Å². The van der Waals surface area contributed by atoms with Crippen LogP contribution in [-0.4, -0.2) is 17.5 Å². The number of ether oxygens (including phenoxy) is 1. The molecule has 2 aromatic carbocycles. The molecule has 140 valence electrons. The van der Waals surface area contributed by atoms with Crippen molar-refractivity contribution in [1.82, 2.24) is 10.3 Å². The SMILES string of the molecule is CCOc1ccccc1-c1nc(CC(=O)NCc2ccc(F)c(C)c2)cs1. The number of carbonyl (C=O) groups is 1. The fraction of sp³-hybridized carbons (Fsp3) is 0.238. The van der Waals surface area contributed by atoms with E-state index in [0.717, 1.165) is 21.9 Å². The molecule has 0 fully saturated rings. The average Bonchev–Trinajstić information content (AvgIpc) is 3.11. The molecule has 3 rings (SSSR count). The molecule has 1 N–H and O–H groups in total. The van der Waals surface area contributed by atoms with Gasteiger partial charge in [-0.25, -0.2) is 9.37 Å². The number of amides is 1. The van der Waals surface area contributed by atoms with Gasteiger partial charge in [-0.3, -0.25) is 4.79 Å². The summed E-state index contributed by atoms with van der Waals surface area (Å²) < 4.78 is 18.9. The van der Waals surface area contributed by atoms with Gasteiger partial charge in [-0.2, -0.15) is 0 Å². The lowest BCUT2D eigenvalue weighted by Crippen LogP contribution is -2.24. The highest BCUT2D eigenvalue weighted by Gasteiger charge is 2.12. The minimum Gasteiger partial charge on any atom is -0.493 e. The van der Waals surface area contributed by atoms with Gasteiger partial charge in [0.05, 0.1) is 24.3 Å². The van der Waals surface area contributed by atoms with E-state index in [1.165, 1.54) is 17.4 Å². The van der Waals surface area contributed by atoms with Crippen LogP contribution < -0.4 is 10.1 Å². The van der Waals surface area contributed by atoms with Crippen molar-refractivity contribution in [1.29, 1.82) is 0 Å². The van der Waals surface area contributed by atoms with Gasteiger partial charge in [-0.15, -0.1) is 11.3 Å². The summed E-state index contributed by atoms with van der Waals surface area (Å²) in [5, 5.41) is 5.57. The second-order valence-corrected chi connectivity index (χ2v) is 6.97. The van der Waals surface area contributed by atoms with Gasteiger partial charge in [0.2, 0.25) is 5.91 Å². The molecule has 0 bridgehead atoms. The molecule has 0 aliphatic heterocycles. The molecule has 0 aliphatic carbocycles. The van der Waals surface area contributed by atoms with E-state index in [1.54, 1.807) is 19.1 Å². The Bertz CT molecular complexity index is 939. The number of nitrogens with one attached hydrogen (secondary N) is 1. The molecule has 4 nitrogen and oxygen atoms in total. The summed E-state index contributed by atoms with van der Waals surface area (Å²) >= 11 is 1.49. The van der Waals surface area contributed by atoms with Gasteiger partial charge >= 0.3 is 0 Å². The van der Waals surface area contributed by atoms with Crippen molar-refractivity contribution >= 4 is 17.2 Å². The van der Waals surface area contributed by atoms with Crippen LogP contribution in [0, 0.1) is 12.7 Å². The normalized spacial score (nSPS) is 10.6. The van der Waals surface area contributed by atoms with Crippen molar-refractivity contribution in [3.63, 3.8) is 0 Å². The molecule has 1 heterocycles. The third-order valence-electron chi connectivity index (χ3n) is 4.02. The maximum Gasteiger partial charge on any atom is 0.226 e. The summed E-state index contributed by atoms with van der Waals surface area (Å²) in [6.45, 7) is 4.60. The second-order valence-electron chi connectivity index (χ2n) is 6.11. The number of carbonyl (C=O) groups excluding carboxylic acids is 1. The number of hydrogen-bond acceptors (Lipinski definition) is 4. The highest BCUT2D eigenvalue weighted by atomic mass is 32.1. The summed E-state index contributed by atoms with van der Waals surface area (Å²) in [5.41, 5.74) is 3.08. The molecule has 6 heteroatoms. The molecule has 0 aliphatic rings. The highest BCUT2D eigenvalue weighted by molar-refractivity contribution is 7.13. The first-order chi connectivity index (χ1) is 13.1. The van der Waals surface area contributed by atoms with Gasteiger partial charge < -0.3 is 10.1 Å². The number of thiazole rings is 1. The fourth-order valence-corrected chi connectivity index (χ4v) is 3.53. The van der Waals surface area contributed by atoms with Gasteiger partial charge in [-0.1, -0.05) is 24.3 Å². The highest BCUT2D eigenvalue weighted by Crippen LogP contribution is 2.32. The third kappa shape index (κ3) is 4.92. The Kier molecular flexibility index (Phi) is 6.19. The van der Waals surface area contributed by atoms with Crippen LogP contribution in [-0.2, 0) is 17.8 Å². The Balaban J connectivity index is 1.62. The van der Waals surface area contributed by atoms with Crippen LogP contribution in [0.15, 0.2) is 47.8 Å². The van der Waals surface area contributed by atoms with Crippen LogP contribution in [0.1, 0.15) is 23.7 Å². The summed E-state index contributed by atoms with van der Waals surface area (Å²) in [6.07, 6.45) is 0.202. The predicted molar refractivity (Wildman–Crippen MR) is 105 cm³/mol. The monoisotopic (exact) mass is 384 g/mol. The smallest absolute Gasteiger partial charge is 0.226 e. The van der Waals surface area contributed by atoms with E-state index in [-0.39, 0.29) is 18.1 Å². The van der Waals surface area contributed by atoms with Crippen molar-refractivity contribution in [3.05, 3.63) is 70.5 Å². The lowest BCUT2D eigenvalue weighted by molar-refractivity contribution is -0.120. The van der Waals surface area contributed by atoms with Gasteiger partial charge in [-0.05, 0) is 43.2 Å². The molecule has 0 saturated heterocycles. The number of hydrogen-bond donors (Lipinski definition) is 1. The Morgan fingerprint density at radius 2 is 2.07 bits per heavy atom. The third-order valence-corrected chi connectivity index (χ3v) is 4.95. The first-order valence-corrected chi connectivity index (χ1v) is 9.63. The maximum atomic E-state index is 13.3. The van der Waals surface area contributed by atoms with Gasteiger partial charge in [0, 0.05) is 11.9 Å². The molecule has 0 unspecified atom stereocenters. The first kappa shape index (κ1) is 19.0. The number of rotatable bonds is 7. The van der Waals surface area contributed by atoms with Crippen LogP contribution in [0.25, 0.3) is 10.6 Å². The minimum absolute atomic E-state index is 0.119. The summed E-state index contributed by atoms with van der Waals surface area (Å²) in [7, 11) is 0. The maximum absolute atomic E-state index is 13.3. The van der Waals surface area contributed by atoms with E-state index in [9.17, 15) is 9.18 Å². The van der Waals surface area contributed by atoms with E-state index in [1.807, 2.05) is 36.6 Å². The molecule has 3 aromatic rings. The van der Waals surface area contributed by atoms with Crippen LogP contribution in [0.4, 0.5) is 4.39 Å². The molecule has 0 saturated carbocycles. The number of nitrogens with zero attached hydrogens (tertiary/aromatic N) is 1. The Morgan fingerprint density at radius 1 is 1.26 bits per heavy atom. The van der Waals surface area contributed by atoms with Gasteiger partial charge in [0.15, 0.2) is 0 Å². The molecule has 1 aromatic heterocycles. The van der Waals surface area contributed by atoms with Gasteiger partial charge in [0.1, 0.15) is 16.6 Å². The van der Waals surface area contributed by atoms with Crippen LogP contribution in [0.5, 0.6) is 5.75 Å². The molecule has 0 spiro atoms. The predicted octanol–water partition coefficient (Wildman–Crippen LogP) is 4.52. The fourth-order valence-electron chi connectivity index (χ4n) is 2.68. The number of benzene rings is 2. The lowest BCUT2D eigenvalue weighted by Gasteiger charge is -2.07. The molecule has 0 atom stereocenters. The Labute approximate surface area is 162 Å². The zero-order valence-corrected chi connectivity index (χ0v) is 16.1. The van der Waals surface area contributed by atoms with Crippen molar-refractivity contribution in [2.24, 2.45) is 0 Å². The molecular weight excluding hydrogens is 363 g/mol. The van der Waals surface area contributed by atoms with Crippen molar-refractivity contribution in [2.45, 2.75) is 26.8 Å². The lowest BCUT2D eigenvalue weighted by atomic mass is 10.1. The molecule has 1 amide bonds. The topological polar surface area (TPSA) is 51.2 Å². The summed E-state index contributed by atoms with van der Waals surface area (Å²) in [6, 6.07) is 12.6. The van der Waals surface area contributed by atoms with Crippen molar-refractivity contribution in [2.75, 3.05) is 6.61 Å². The molecule has 0 radical (unpaired) electrons. The van der Waals surface area contributed by atoms with Crippen LogP contribution >= 0.6 is 11.3 Å². The number of para-hydroxylation sites is 1. The first-order valence-electron chi connectivity index (χ1n) is 8.75. The summed E-state index contributed by atoms with van der Waals surface area (Å²) in [5.74, 6) is 0.427.